The molecule has 0 aliphatic carbocycles. The number of hydrogen-bond donors (Lipinski definition) is 0. The molecule has 0 N–H and O–H groups in total. The van der Waals surface area contributed by atoms with Gasteiger partial charge >= 0.3 is 29.6 Å². The van der Waals surface area contributed by atoms with E-state index >= 15 is 0 Å². The molecule has 0 aliphatic heterocycles. The van der Waals surface area contributed by atoms with Crippen LogP contribution >= 0.6 is 23.6 Å². The Bertz CT molecular complexity index is 566. The summed E-state index contributed by atoms with van der Waals surface area (Å²) in [5.74, 6) is -1.70. The number of thiazole rings is 1. The van der Waals surface area contributed by atoms with Crippen molar-refractivity contribution >= 4 is 44.8 Å². The Morgan fingerprint density at radius 2 is 2.21 bits per heavy atom. The number of methoxy groups -OCH3 is 1. The third-order valence-electron chi connectivity index (χ3n) is 2.47. The molecule has 7 heteroatoms. The molecule has 0 spiro atoms. The number of hydrogen-bond acceptors (Lipinski definition) is 6. The van der Waals surface area contributed by atoms with Crippen LogP contribution < -0.4 is 34.7 Å². The molecule has 0 amide bonds. The van der Waals surface area contributed by atoms with Gasteiger partial charge in [-0.1, -0.05) is 12.1 Å². The Balaban J connectivity index is 0.00000180. The van der Waals surface area contributed by atoms with Crippen LogP contribution in [-0.2, 0) is 9.53 Å². The van der Waals surface area contributed by atoms with E-state index in [4.69, 9.17) is 17.0 Å². The number of nitrogens with zero attached hydrogens (tertiary/aromatic N) is 1. The van der Waals surface area contributed by atoms with Crippen molar-refractivity contribution in [1.29, 1.82) is 0 Å². The van der Waals surface area contributed by atoms with Crippen molar-refractivity contribution < 1.29 is 44.2 Å². The predicted octanol–water partition coefficient (Wildman–Crippen LogP) is -1.50. The first kappa shape index (κ1) is 16.5. The van der Waals surface area contributed by atoms with Crippen molar-refractivity contribution in [3.8, 4) is 0 Å². The molecule has 0 fully saturated rings. The van der Waals surface area contributed by atoms with E-state index < -0.39 is 11.9 Å². The molecule has 1 unspecified atom stereocenters. The average Bonchev–Trinajstić information content (AvgIpc) is 2.78. The number of thiocarbonyl (C=S) groups is 1. The van der Waals surface area contributed by atoms with Gasteiger partial charge in [0.05, 0.1) is 23.2 Å². The second-order valence-electron chi connectivity index (χ2n) is 3.67. The zero-order chi connectivity index (χ0) is 13.1. The summed E-state index contributed by atoms with van der Waals surface area (Å²) in [6.45, 7) is 0. The largest absolute Gasteiger partial charge is 1.00 e. The van der Waals surface area contributed by atoms with E-state index in [-0.39, 0.29) is 41.0 Å². The van der Waals surface area contributed by atoms with E-state index in [1.54, 1.807) is 0 Å². The molecule has 1 aromatic heterocycles. The van der Waals surface area contributed by atoms with Crippen LogP contribution in [0.2, 0.25) is 0 Å². The molecule has 0 saturated carbocycles. The minimum Gasteiger partial charge on any atom is -0.550 e. The van der Waals surface area contributed by atoms with Crippen molar-refractivity contribution in [1.82, 2.24) is 4.98 Å². The van der Waals surface area contributed by atoms with Crippen LogP contribution in [0.4, 0.5) is 0 Å². The summed E-state index contributed by atoms with van der Waals surface area (Å²) in [6.07, 6.45) is -0.216. The molecule has 0 radical (unpaired) electrons. The topological polar surface area (TPSA) is 62.2 Å². The van der Waals surface area contributed by atoms with Crippen LogP contribution in [-0.4, -0.2) is 23.1 Å². The number of aromatic nitrogens is 1. The molecular formula is C12H10NNaO3S2. The predicted molar refractivity (Wildman–Crippen MR) is 71.6 cm³/mol. The number of fused-ring (bicyclic) bond motifs is 1. The Hall–Kier alpha value is -0.530. The molecule has 0 saturated heterocycles. The van der Waals surface area contributed by atoms with Gasteiger partial charge in [0.15, 0.2) is 5.05 Å². The third kappa shape index (κ3) is 3.97. The van der Waals surface area contributed by atoms with Crippen molar-refractivity contribution in [2.75, 3.05) is 7.11 Å². The summed E-state index contributed by atoms with van der Waals surface area (Å²) >= 11 is 6.46. The zero-order valence-electron chi connectivity index (χ0n) is 10.6. The molecule has 1 atom stereocenters. The summed E-state index contributed by atoms with van der Waals surface area (Å²) in [5.41, 5.74) is 0.833. The Kier molecular flexibility index (Phi) is 6.35. The van der Waals surface area contributed by atoms with Gasteiger partial charge in [-0.3, -0.25) is 0 Å². The maximum absolute atomic E-state index is 10.8. The molecule has 1 aromatic carbocycles. The fourth-order valence-corrected chi connectivity index (χ4v) is 2.96. The van der Waals surface area contributed by atoms with Gasteiger partial charge in [-0.15, -0.1) is 11.3 Å². The van der Waals surface area contributed by atoms with Crippen LogP contribution in [0.15, 0.2) is 24.3 Å². The van der Waals surface area contributed by atoms with Crippen LogP contribution in [0.25, 0.3) is 10.2 Å². The van der Waals surface area contributed by atoms with Gasteiger partial charge in [0.1, 0.15) is 5.01 Å². The number of carbonyl (C=O) groups excluding carboxylic acids is 1. The van der Waals surface area contributed by atoms with Gasteiger partial charge in [-0.25, -0.2) is 4.98 Å². The van der Waals surface area contributed by atoms with Crippen LogP contribution in [0.1, 0.15) is 17.3 Å². The molecule has 94 valence electrons. The maximum atomic E-state index is 10.8. The number of carboxylic acid groups (broad SMARTS) is 1. The quantitative estimate of drug-likeness (QED) is 0.508. The number of carboxylic acids is 1. The summed E-state index contributed by atoms with van der Waals surface area (Å²) in [5, 5.41) is 11.6. The van der Waals surface area contributed by atoms with E-state index in [1.807, 2.05) is 24.3 Å². The van der Waals surface area contributed by atoms with E-state index in [0.717, 1.165) is 10.2 Å². The van der Waals surface area contributed by atoms with Gasteiger partial charge in [0.2, 0.25) is 0 Å². The van der Waals surface area contributed by atoms with Gasteiger partial charge in [0.25, 0.3) is 0 Å². The fourth-order valence-electron chi connectivity index (χ4n) is 1.62. The summed E-state index contributed by atoms with van der Waals surface area (Å²) in [4.78, 5) is 15.2. The van der Waals surface area contributed by atoms with Crippen molar-refractivity contribution in [3.05, 3.63) is 29.3 Å². The Morgan fingerprint density at radius 1 is 1.53 bits per heavy atom. The number of aliphatic carboxylic acids is 1. The summed E-state index contributed by atoms with van der Waals surface area (Å²) in [7, 11) is 1.43. The maximum Gasteiger partial charge on any atom is 1.00 e. The molecule has 0 bridgehead atoms. The number of para-hydroxylation sites is 1. The third-order valence-corrected chi connectivity index (χ3v) is 4.07. The first-order valence-corrected chi connectivity index (χ1v) is 6.47. The Morgan fingerprint density at radius 3 is 2.79 bits per heavy atom. The monoisotopic (exact) mass is 303 g/mol. The number of carbonyl (C=O) groups is 1. The number of ether oxygens (including phenoxy) is 1. The van der Waals surface area contributed by atoms with Gasteiger partial charge < -0.3 is 14.6 Å². The molecule has 2 rings (SSSR count). The zero-order valence-corrected chi connectivity index (χ0v) is 14.2. The van der Waals surface area contributed by atoms with Crippen LogP contribution in [0.5, 0.6) is 0 Å². The van der Waals surface area contributed by atoms with E-state index in [2.05, 4.69) is 4.98 Å². The number of benzene rings is 1. The standard InChI is InChI=1S/C12H11NO3S2.Na/c1-16-12(17)7(6-10(14)15)11-13-8-4-2-3-5-9(8)18-11;/h2-5,7H,6H2,1H3,(H,14,15);/q;+1/p-1. The first-order valence-electron chi connectivity index (χ1n) is 5.25. The van der Waals surface area contributed by atoms with Gasteiger partial charge in [-0.05, 0) is 24.4 Å². The van der Waals surface area contributed by atoms with Crippen molar-refractivity contribution in [2.45, 2.75) is 12.3 Å². The fraction of sp³-hybridized carbons (Fsp3) is 0.250. The number of rotatable bonds is 4. The van der Waals surface area contributed by atoms with Crippen LogP contribution in [0, 0.1) is 0 Å². The van der Waals surface area contributed by atoms with Gasteiger partial charge in [0, 0.05) is 12.4 Å². The summed E-state index contributed by atoms with van der Waals surface area (Å²) < 4.78 is 5.97. The second-order valence-corrected chi connectivity index (χ2v) is 5.14. The van der Waals surface area contributed by atoms with Gasteiger partial charge in [-0.2, -0.15) is 0 Å². The van der Waals surface area contributed by atoms with E-state index in [0.29, 0.717) is 5.01 Å². The average molecular weight is 303 g/mol. The minimum atomic E-state index is -1.17. The molecule has 1 heterocycles. The smallest absolute Gasteiger partial charge is 0.550 e. The molecular weight excluding hydrogens is 293 g/mol. The minimum absolute atomic E-state index is 0. The molecule has 2 aromatic rings. The van der Waals surface area contributed by atoms with Crippen LogP contribution in [0.3, 0.4) is 0 Å². The van der Waals surface area contributed by atoms with E-state index in [9.17, 15) is 9.90 Å². The normalized spacial score (nSPS) is 11.6. The molecule has 0 aliphatic rings. The SMILES string of the molecule is COC(=S)C(CC(=O)[O-])c1nc2ccccc2s1.[Na+]. The van der Waals surface area contributed by atoms with E-state index in [1.165, 1.54) is 18.4 Å². The summed E-state index contributed by atoms with van der Waals surface area (Å²) in [6, 6.07) is 7.60. The Labute approximate surface area is 142 Å². The molecule has 19 heavy (non-hydrogen) atoms. The second kappa shape index (κ2) is 7.31. The van der Waals surface area contributed by atoms with Crippen molar-refractivity contribution in [3.63, 3.8) is 0 Å². The molecule has 4 nitrogen and oxygen atoms in total. The first-order chi connectivity index (χ1) is 8.61. The van der Waals surface area contributed by atoms with Crippen molar-refractivity contribution in [2.24, 2.45) is 0 Å².